The zero-order valence-corrected chi connectivity index (χ0v) is 11.7. The van der Waals surface area contributed by atoms with Crippen LogP contribution in [0.25, 0.3) is 11.2 Å². The summed E-state index contributed by atoms with van der Waals surface area (Å²) in [7, 11) is 0. The van der Waals surface area contributed by atoms with E-state index in [1.165, 1.54) is 12.7 Å². The van der Waals surface area contributed by atoms with Crippen molar-refractivity contribution >= 4 is 17.0 Å². The number of rotatable bonds is 5. The first-order valence-corrected chi connectivity index (χ1v) is 6.77. The molecule has 9 heteroatoms. The second-order valence-electron chi connectivity index (χ2n) is 4.91. The van der Waals surface area contributed by atoms with E-state index in [1.807, 2.05) is 0 Å². The molecular weight excluding hydrogens is 290 g/mol. The summed E-state index contributed by atoms with van der Waals surface area (Å²) in [6, 6.07) is 0. The zero-order valence-electron chi connectivity index (χ0n) is 11.7. The van der Waals surface area contributed by atoms with Crippen molar-refractivity contribution < 1.29 is 19.7 Å². The third kappa shape index (κ3) is 2.33. The monoisotopic (exact) mass is 307 g/mol. The SMILES string of the molecule is C=CCOC1[C@H](n2cnc3c(N)ncnc32)O[C@H](CO)[C@H]1O. The van der Waals surface area contributed by atoms with E-state index in [-0.39, 0.29) is 19.0 Å². The lowest BCUT2D eigenvalue weighted by atomic mass is 10.1. The van der Waals surface area contributed by atoms with E-state index in [0.717, 1.165) is 0 Å². The van der Waals surface area contributed by atoms with Crippen LogP contribution < -0.4 is 5.73 Å². The number of aliphatic hydroxyl groups excluding tert-OH is 2. The Labute approximate surface area is 126 Å². The smallest absolute Gasteiger partial charge is 0.167 e. The lowest BCUT2D eigenvalue weighted by molar-refractivity contribution is -0.0645. The second-order valence-corrected chi connectivity index (χ2v) is 4.91. The highest BCUT2D eigenvalue weighted by atomic mass is 16.6. The number of aromatic nitrogens is 4. The van der Waals surface area contributed by atoms with Crippen molar-refractivity contribution in [3.63, 3.8) is 0 Å². The molecule has 0 amide bonds. The maximum atomic E-state index is 10.2. The fourth-order valence-electron chi connectivity index (χ4n) is 2.51. The predicted octanol–water partition coefficient (Wildman–Crippen LogP) is -0.770. The summed E-state index contributed by atoms with van der Waals surface area (Å²) in [5.74, 6) is 0.254. The molecule has 4 atom stereocenters. The lowest BCUT2D eigenvalue weighted by Gasteiger charge is -2.21. The first-order chi connectivity index (χ1) is 10.7. The summed E-state index contributed by atoms with van der Waals surface area (Å²) < 4.78 is 12.9. The Morgan fingerprint density at radius 2 is 2.27 bits per heavy atom. The van der Waals surface area contributed by atoms with Crippen molar-refractivity contribution in [1.29, 1.82) is 0 Å². The van der Waals surface area contributed by atoms with E-state index >= 15 is 0 Å². The molecule has 0 saturated carbocycles. The first kappa shape index (κ1) is 14.9. The van der Waals surface area contributed by atoms with E-state index in [9.17, 15) is 10.2 Å². The molecule has 3 heterocycles. The third-order valence-corrected chi connectivity index (χ3v) is 3.56. The van der Waals surface area contributed by atoms with Gasteiger partial charge >= 0.3 is 0 Å². The molecule has 1 saturated heterocycles. The molecule has 4 N–H and O–H groups in total. The number of nitrogens with zero attached hydrogens (tertiary/aromatic N) is 4. The maximum absolute atomic E-state index is 10.2. The van der Waals surface area contributed by atoms with Crippen LogP contribution in [0, 0.1) is 0 Å². The molecule has 0 aliphatic carbocycles. The number of imidazole rings is 1. The maximum Gasteiger partial charge on any atom is 0.167 e. The van der Waals surface area contributed by atoms with Gasteiger partial charge in [0.05, 0.1) is 19.5 Å². The van der Waals surface area contributed by atoms with Gasteiger partial charge in [0.1, 0.15) is 30.2 Å². The van der Waals surface area contributed by atoms with Crippen molar-refractivity contribution in [2.45, 2.75) is 24.5 Å². The molecule has 9 nitrogen and oxygen atoms in total. The molecule has 0 aromatic carbocycles. The van der Waals surface area contributed by atoms with Gasteiger partial charge in [0, 0.05) is 0 Å². The van der Waals surface area contributed by atoms with Gasteiger partial charge in [0.15, 0.2) is 17.7 Å². The third-order valence-electron chi connectivity index (χ3n) is 3.56. The molecule has 3 rings (SSSR count). The van der Waals surface area contributed by atoms with Crippen molar-refractivity contribution in [2.75, 3.05) is 18.9 Å². The van der Waals surface area contributed by atoms with Gasteiger partial charge in [0.25, 0.3) is 0 Å². The van der Waals surface area contributed by atoms with E-state index < -0.39 is 24.5 Å². The highest BCUT2D eigenvalue weighted by Gasteiger charge is 2.45. The Kier molecular flexibility index (Phi) is 4.03. The average molecular weight is 307 g/mol. The van der Waals surface area contributed by atoms with Gasteiger partial charge < -0.3 is 25.4 Å². The summed E-state index contributed by atoms with van der Waals surface area (Å²) in [6.45, 7) is 3.50. The van der Waals surface area contributed by atoms with Crippen LogP contribution >= 0.6 is 0 Å². The number of hydrogen-bond acceptors (Lipinski definition) is 8. The number of nitrogen functional groups attached to an aromatic ring is 1. The number of hydrogen-bond donors (Lipinski definition) is 3. The second kappa shape index (κ2) is 5.97. The Hall–Kier alpha value is -2.07. The van der Waals surface area contributed by atoms with E-state index in [2.05, 4.69) is 21.5 Å². The van der Waals surface area contributed by atoms with Crippen LogP contribution in [0.3, 0.4) is 0 Å². The van der Waals surface area contributed by atoms with Crippen molar-refractivity contribution in [1.82, 2.24) is 19.5 Å². The summed E-state index contributed by atoms with van der Waals surface area (Å²) in [6.07, 6.45) is 1.28. The van der Waals surface area contributed by atoms with Crippen LogP contribution in [0.4, 0.5) is 5.82 Å². The highest BCUT2D eigenvalue weighted by molar-refractivity contribution is 5.81. The standard InChI is InChI=1S/C13H17N5O4/c1-2-3-21-10-9(20)7(4-19)22-13(10)18-6-17-8-11(14)15-5-16-12(8)18/h2,5-7,9-10,13,19-20H,1,3-4H2,(H2,14,15,16)/t7-,9-,10?,13-/m1/s1. The Morgan fingerprint density at radius 3 is 3.00 bits per heavy atom. The number of fused-ring (bicyclic) bond motifs is 1. The van der Waals surface area contributed by atoms with Gasteiger partial charge in [-0.25, -0.2) is 15.0 Å². The number of anilines is 1. The Balaban J connectivity index is 1.99. The number of ether oxygens (including phenoxy) is 2. The van der Waals surface area contributed by atoms with Crippen molar-refractivity contribution in [2.24, 2.45) is 0 Å². The largest absolute Gasteiger partial charge is 0.394 e. The van der Waals surface area contributed by atoms with Crippen LogP contribution in [0.2, 0.25) is 0 Å². The molecule has 0 spiro atoms. The van der Waals surface area contributed by atoms with Gasteiger partial charge in [-0.15, -0.1) is 6.58 Å². The normalized spacial score (nSPS) is 28.3. The van der Waals surface area contributed by atoms with Crippen LogP contribution in [-0.4, -0.2) is 61.3 Å². The highest BCUT2D eigenvalue weighted by Crippen LogP contribution is 2.33. The summed E-state index contributed by atoms with van der Waals surface area (Å²) in [5.41, 5.74) is 6.67. The zero-order chi connectivity index (χ0) is 15.7. The van der Waals surface area contributed by atoms with Crippen LogP contribution in [-0.2, 0) is 9.47 Å². The minimum atomic E-state index is -0.980. The van der Waals surface area contributed by atoms with Gasteiger partial charge in [-0.2, -0.15) is 0 Å². The molecule has 2 aromatic heterocycles. The average Bonchev–Trinajstić information content (AvgIpc) is 3.07. The lowest BCUT2D eigenvalue weighted by Crippen LogP contribution is -2.35. The minimum Gasteiger partial charge on any atom is -0.394 e. The van der Waals surface area contributed by atoms with Crippen molar-refractivity contribution in [3.8, 4) is 0 Å². The fraction of sp³-hybridized carbons (Fsp3) is 0.462. The molecule has 1 fully saturated rings. The van der Waals surface area contributed by atoms with E-state index in [1.54, 1.807) is 10.6 Å². The van der Waals surface area contributed by atoms with E-state index in [0.29, 0.717) is 11.2 Å². The van der Waals surface area contributed by atoms with Gasteiger partial charge in [-0.05, 0) is 0 Å². The fourth-order valence-corrected chi connectivity index (χ4v) is 2.51. The van der Waals surface area contributed by atoms with Gasteiger partial charge in [0.2, 0.25) is 0 Å². The molecule has 22 heavy (non-hydrogen) atoms. The summed E-state index contributed by atoms with van der Waals surface area (Å²) >= 11 is 0. The van der Waals surface area contributed by atoms with Crippen LogP contribution in [0.15, 0.2) is 25.3 Å². The number of nitrogens with two attached hydrogens (primary N) is 1. The van der Waals surface area contributed by atoms with Crippen molar-refractivity contribution in [3.05, 3.63) is 25.3 Å². The molecule has 2 aromatic rings. The molecular formula is C13H17N5O4. The molecule has 1 aliphatic heterocycles. The topological polar surface area (TPSA) is 129 Å². The quantitative estimate of drug-likeness (QED) is 0.614. The molecule has 1 aliphatic rings. The number of aliphatic hydroxyl groups is 2. The van der Waals surface area contributed by atoms with Crippen LogP contribution in [0.1, 0.15) is 6.23 Å². The first-order valence-electron chi connectivity index (χ1n) is 6.77. The van der Waals surface area contributed by atoms with Gasteiger partial charge in [-0.1, -0.05) is 6.08 Å². The molecule has 0 radical (unpaired) electrons. The molecule has 1 unspecified atom stereocenters. The summed E-state index contributed by atoms with van der Waals surface area (Å²) in [4.78, 5) is 12.2. The Bertz CT molecular complexity index is 675. The Morgan fingerprint density at radius 1 is 1.45 bits per heavy atom. The minimum absolute atomic E-state index is 0.240. The molecule has 118 valence electrons. The predicted molar refractivity (Wildman–Crippen MR) is 76.7 cm³/mol. The van der Waals surface area contributed by atoms with Gasteiger partial charge in [-0.3, -0.25) is 4.57 Å². The van der Waals surface area contributed by atoms with E-state index in [4.69, 9.17) is 15.2 Å². The summed E-state index contributed by atoms with van der Waals surface area (Å²) in [5, 5.41) is 19.6. The molecule has 0 bridgehead atoms. The van der Waals surface area contributed by atoms with Crippen LogP contribution in [0.5, 0.6) is 0 Å².